The summed E-state index contributed by atoms with van der Waals surface area (Å²) in [7, 11) is 0. The lowest BCUT2D eigenvalue weighted by atomic mass is 9.81. The topological polar surface area (TPSA) is 165 Å². The van der Waals surface area contributed by atoms with Crippen molar-refractivity contribution in [1.82, 2.24) is 25.5 Å². The molecular formula is C26H32N8O. The highest BCUT2D eigenvalue weighted by atomic mass is 16.2. The maximum atomic E-state index is 13.2. The van der Waals surface area contributed by atoms with Gasteiger partial charge in [0.15, 0.2) is 5.82 Å². The lowest BCUT2D eigenvalue weighted by Crippen LogP contribution is -2.37. The number of carbonyl (C=O) groups excluding carboxylic acids is 1. The van der Waals surface area contributed by atoms with Crippen LogP contribution >= 0.6 is 0 Å². The van der Waals surface area contributed by atoms with Gasteiger partial charge in [0.05, 0.1) is 17.3 Å². The Balaban J connectivity index is 1.39. The number of hydrogen-bond donors (Lipinski definition) is 6. The predicted octanol–water partition coefficient (Wildman–Crippen LogP) is 3.28. The molecule has 2 heterocycles. The van der Waals surface area contributed by atoms with Gasteiger partial charge in [0.2, 0.25) is 5.91 Å². The number of carbonyl (C=O) groups is 1. The van der Waals surface area contributed by atoms with Crippen molar-refractivity contribution < 1.29 is 4.79 Å². The molecule has 1 atom stereocenters. The van der Waals surface area contributed by atoms with Crippen LogP contribution in [0.25, 0.3) is 22.2 Å². The number of nitrogen functional groups attached to an aromatic ring is 2. The maximum Gasteiger partial charge on any atom is 0.223 e. The molecule has 2 aromatic carbocycles. The fourth-order valence-electron chi connectivity index (χ4n) is 4.98. The minimum Gasteiger partial charge on any atom is -0.399 e. The molecule has 4 aromatic rings. The third kappa shape index (κ3) is 5.00. The standard InChI is InChI=1S/C26H32N8O/c27-13-15-4-6-17(7-5-15)26(35)32-22(11-16-2-1-3-19(28)10-16)25-30-14-23(31-25)18-8-9-20-21(12-18)33-34-24(20)29/h1-3,8-10,12,14-15,17,22H,4-7,11,13,27-28H2,(H,30,31)(H,32,35)(H3,29,33,34)/t15-,17-,22?. The van der Waals surface area contributed by atoms with Crippen LogP contribution in [0.4, 0.5) is 11.5 Å². The van der Waals surface area contributed by atoms with Crippen molar-refractivity contribution in [2.45, 2.75) is 38.1 Å². The highest BCUT2D eigenvalue weighted by Gasteiger charge is 2.28. The monoisotopic (exact) mass is 472 g/mol. The van der Waals surface area contributed by atoms with Gasteiger partial charge in [-0.3, -0.25) is 9.89 Å². The average Bonchev–Trinajstić information content (AvgIpc) is 3.51. The van der Waals surface area contributed by atoms with E-state index in [1.807, 2.05) is 48.7 Å². The SMILES string of the molecule is NC[C@H]1CC[C@H](C(=O)NC(Cc2cccc(N)c2)c2nc(-c3ccc4c(N)n[nH]c4c3)c[nH]2)CC1. The third-order valence-electron chi connectivity index (χ3n) is 7.07. The summed E-state index contributed by atoms with van der Waals surface area (Å²) in [6.45, 7) is 0.693. The first-order valence-corrected chi connectivity index (χ1v) is 12.1. The maximum absolute atomic E-state index is 13.2. The van der Waals surface area contributed by atoms with Crippen molar-refractivity contribution in [3.63, 3.8) is 0 Å². The molecule has 9 nitrogen and oxygen atoms in total. The Bertz CT molecular complexity index is 1320. The van der Waals surface area contributed by atoms with Gasteiger partial charge in [-0.2, -0.15) is 5.10 Å². The number of nitrogens with zero attached hydrogens (tertiary/aromatic N) is 2. The van der Waals surface area contributed by atoms with Crippen molar-refractivity contribution in [1.29, 1.82) is 0 Å². The summed E-state index contributed by atoms with van der Waals surface area (Å²) in [6, 6.07) is 13.3. The molecule has 0 spiro atoms. The number of nitrogens with two attached hydrogens (primary N) is 3. The third-order valence-corrected chi connectivity index (χ3v) is 7.07. The van der Waals surface area contributed by atoms with Crippen LogP contribution in [0, 0.1) is 11.8 Å². The number of aromatic nitrogens is 4. The number of amides is 1. The van der Waals surface area contributed by atoms with Crippen molar-refractivity contribution in [3.05, 3.63) is 60.0 Å². The first-order chi connectivity index (χ1) is 17.0. The van der Waals surface area contributed by atoms with E-state index in [0.29, 0.717) is 36.2 Å². The second-order valence-electron chi connectivity index (χ2n) is 9.50. The molecule has 5 rings (SSSR count). The lowest BCUT2D eigenvalue weighted by Gasteiger charge is -2.28. The second-order valence-corrected chi connectivity index (χ2v) is 9.50. The molecule has 0 saturated heterocycles. The van der Waals surface area contributed by atoms with Gasteiger partial charge in [0, 0.05) is 28.8 Å². The molecule has 1 unspecified atom stereocenters. The highest BCUT2D eigenvalue weighted by molar-refractivity contribution is 5.91. The minimum atomic E-state index is -0.309. The van der Waals surface area contributed by atoms with E-state index in [2.05, 4.69) is 20.5 Å². The van der Waals surface area contributed by atoms with Crippen LogP contribution in [0.2, 0.25) is 0 Å². The van der Waals surface area contributed by atoms with Crippen molar-refractivity contribution in [3.8, 4) is 11.3 Å². The summed E-state index contributed by atoms with van der Waals surface area (Å²) in [6.07, 6.45) is 6.18. The van der Waals surface area contributed by atoms with Gasteiger partial charge in [-0.25, -0.2) is 4.98 Å². The van der Waals surface area contributed by atoms with Crippen molar-refractivity contribution in [2.75, 3.05) is 18.0 Å². The smallest absolute Gasteiger partial charge is 0.223 e. The van der Waals surface area contributed by atoms with E-state index < -0.39 is 0 Å². The highest BCUT2D eigenvalue weighted by Crippen LogP contribution is 2.30. The summed E-state index contributed by atoms with van der Waals surface area (Å²) >= 11 is 0. The molecule has 2 aromatic heterocycles. The lowest BCUT2D eigenvalue weighted by molar-refractivity contribution is -0.127. The zero-order chi connectivity index (χ0) is 24.4. The fourth-order valence-corrected chi connectivity index (χ4v) is 4.98. The summed E-state index contributed by atoms with van der Waals surface area (Å²) in [4.78, 5) is 21.4. The molecule has 9 heteroatoms. The molecular weight excluding hydrogens is 440 g/mol. The molecule has 1 aliphatic rings. The molecule has 35 heavy (non-hydrogen) atoms. The molecule has 0 radical (unpaired) electrons. The molecule has 1 saturated carbocycles. The summed E-state index contributed by atoms with van der Waals surface area (Å²) in [5.74, 6) is 1.78. The van der Waals surface area contributed by atoms with Crippen LogP contribution in [0.1, 0.15) is 43.1 Å². The van der Waals surface area contributed by atoms with E-state index >= 15 is 0 Å². The molecule has 0 bridgehead atoms. The van der Waals surface area contributed by atoms with E-state index in [1.54, 1.807) is 0 Å². The van der Waals surface area contributed by atoms with Gasteiger partial charge in [0.25, 0.3) is 0 Å². The van der Waals surface area contributed by atoms with Gasteiger partial charge in [-0.05, 0) is 74.4 Å². The number of nitrogens with one attached hydrogen (secondary N) is 3. The van der Waals surface area contributed by atoms with Crippen LogP contribution in [0.15, 0.2) is 48.7 Å². The summed E-state index contributed by atoms with van der Waals surface area (Å²) in [5.41, 5.74) is 22.0. The van der Waals surface area contributed by atoms with Crippen LogP contribution < -0.4 is 22.5 Å². The fraction of sp³-hybridized carbons (Fsp3) is 0.346. The molecule has 182 valence electrons. The molecule has 9 N–H and O–H groups in total. The van der Waals surface area contributed by atoms with E-state index in [0.717, 1.165) is 53.4 Å². The van der Waals surface area contributed by atoms with Gasteiger partial charge in [-0.1, -0.05) is 18.2 Å². The molecule has 0 aliphatic heterocycles. The Morgan fingerprint density at radius 3 is 2.71 bits per heavy atom. The van der Waals surface area contributed by atoms with Crippen LogP contribution in [-0.2, 0) is 11.2 Å². The number of anilines is 2. The van der Waals surface area contributed by atoms with E-state index in [4.69, 9.17) is 22.2 Å². The number of H-pyrrole nitrogens is 2. The zero-order valence-corrected chi connectivity index (χ0v) is 19.6. The van der Waals surface area contributed by atoms with Gasteiger partial charge in [0.1, 0.15) is 5.82 Å². The molecule has 1 amide bonds. The van der Waals surface area contributed by atoms with E-state index in [-0.39, 0.29) is 17.9 Å². The Hall–Kier alpha value is -3.85. The minimum absolute atomic E-state index is 0.00354. The Kier molecular flexibility index (Phi) is 6.41. The Labute approximate surface area is 203 Å². The summed E-state index contributed by atoms with van der Waals surface area (Å²) < 4.78 is 0. The average molecular weight is 473 g/mol. The van der Waals surface area contributed by atoms with E-state index in [9.17, 15) is 4.79 Å². The van der Waals surface area contributed by atoms with E-state index in [1.165, 1.54) is 0 Å². The summed E-state index contributed by atoms with van der Waals surface area (Å²) in [5, 5.41) is 11.2. The molecule has 1 aliphatic carbocycles. The van der Waals surface area contributed by atoms with Crippen LogP contribution in [0.5, 0.6) is 0 Å². The number of hydrogen-bond acceptors (Lipinski definition) is 6. The van der Waals surface area contributed by atoms with Crippen LogP contribution in [0.3, 0.4) is 0 Å². The zero-order valence-electron chi connectivity index (χ0n) is 19.6. The predicted molar refractivity (Wildman–Crippen MR) is 138 cm³/mol. The number of benzene rings is 2. The number of fused-ring (bicyclic) bond motifs is 1. The van der Waals surface area contributed by atoms with Gasteiger partial charge in [-0.15, -0.1) is 0 Å². The number of imidazole rings is 1. The van der Waals surface area contributed by atoms with Crippen LogP contribution in [-0.4, -0.2) is 32.6 Å². The number of rotatable bonds is 7. The Morgan fingerprint density at radius 2 is 1.94 bits per heavy atom. The first kappa shape index (κ1) is 22.9. The second kappa shape index (κ2) is 9.79. The quantitative estimate of drug-likeness (QED) is 0.226. The van der Waals surface area contributed by atoms with Crippen molar-refractivity contribution >= 4 is 28.3 Å². The largest absolute Gasteiger partial charge is 0.399 e. The van der Waals surface area contributed by atoms with Gasteiger partial charge < -0.3 is 27.5 Å². The van der Waals surface area contributed by atoms with Gasteiger partial charge >= 0.3 is 0 Å². The normalized spacial score (nSPS) is 19.0. The number of aromatic amines is 2. The molecule has 1 fully saturated rings. The first-order valence-electron chi connectivity index (χ1n) is 12.1. The van der Waals surface area contributed by atoms with Crippen molar-refractivity contribution in [2.24, 2.45) is 17.6 Å². The Morgan fingerprint density at radius 1 is 1.11 bits per heavy atom.